The van der Waals surface area contributed by atoms with E-state index in [2.05, 4.69) is 5.10 Å². The van der Waals surface area contributed by atoms with Crippen molar-refractivity contribution >= 4 is 10.8 Å². The molecule has 0 unspecified atom stereocenters. The SMILES string of the molecule is O=c1c2ccccc2c(Cc2ccc(F)cc2)nn1CCO. The lowest BCUT2D eigenvalue weighted by Gasteiger charge is -2.10. The van der Waals surface area contributed by atoms with Crippen LogP contribution in [0.1, 0.15) is 11.3 Å². The maximum atomic E-state index is 13.0. The van der Waals surface area contributed by atoms with Crippen LogP contribution in [-0.4, -0.2) is 21.5 Å². The monoisotopic (exact) mass is 298 g/mol. The highest BCUT2D eigenvalue weighted by Crippen LogP contribution is 2.17. The fourth-order valence-corrected chi connectivity index (χ4v) is 2.48. The Labute approximate surface area is 126 Å². The van der Waals surface area contributed by atoms with Crippen molar-refractivity contribution in [3.8, 4) is 0 Å². The van der Waals surface area contributed by atoms with Crippen LogP contribution in [0.3, 0.4) is 0 Å². The smallest absolute Gasteiger partial charge is 0.274 e. The molecule has 0 fully saturated rings. The lowest BCUT2D eigenvalue weighted by molar-refractivity contribution is 0.266. The van der Waals surface area contributed by atoms with Gasteiger partial charge in [-0.1, -0.05) is 30.3 Å². The number of aliphatic hydroxyl groups excluding tert-OH is 1. The van der Waals surface area contributed by atoms with Gasteiger partial charge in [0.2, 0.25) is 0 Å². The van der Waals surface area contributed by atoms with Crippen LogP contribution in [0.25, 0.3) is 10.8 Å². The fourth-order valence-electron chi connectivity index (χ4n) is 2.48. The molecule has 22 heavy (non-hydrogen) atoms. The van der Waals surface area contributed by atoms with E-state index in [-0.39, 0.29) is 24.5 Å². The van der Waals surface area contributed by atoms with Gasteiger partial charge in [-0.2, -0.15) is 5.10 Å². The Morgan fingerprint density at radius 2 is 1.73 bits per heavy atom. The minimum atomic E-state index is -0.285. The van der Waals surface area contributed by atoms with E-state index in [0.717, 1.165) is 16.6 Å². The Morgan fingerprint density at radius 3 is 2.41 bits per heavy atom. The Morgan fingerprint density at radius 1 is 1.05 bits per heavy atom. The largest absolute Gasteiger partial charge is 0.394 e. The first-order valence-corrected chi connectivity index (χ1v) is 7.03. The van der Waals surface area contributed by atoms with Crippen molar-refractivity contribution in [1.82, 2.24) is 9.78 Å². The Balaban J connectivity index is 2.13. The molecule has 0 bridgehead atoms. The minimum absolute atomic E-state index is 0.152. The van der Waals surface area contributed by atoms with E-state index in [1.807, 2.05) is 12.1 Å². The zero-order valence-electron chi connectivity index (χ0n) is 11.9. The molecule has 1 heterocycles. The molecule has 5 heteroatoms. The Kier molecular flexibility index (Phi) is 3.98. The summed E-state index contributed by atoms with van der Waals surface area (Å²) in [6.07, 6.45) is 0.493. The highest BCUT2D eigenvalue weighted by molar-refractivity contribution is 5.83. The van der Waals surface area contributed by atoms with Crippen LogP contribution in [0.5, 0.6) is 0 Å². The van der Waals surface area contributed by atoms with Crippen LogP contribution in [0.15, 0.2) is 53.3 Å². The standard InChI is InChI=1S/C17H15FN2O2/c18-13-7-5-12(6-8-13)11-16-14-3-1-2-4-15(14)17(22)20(19-16)9-10-21/h1-8,21H,9-11H2. The van der Waals surface area contributed by atoms with Gasteiger partial charge in [-0.3, -0.25) is 4.79 Å². The van der Waals surface area contributed by atoms with Gasteiger partial charge in [0.1, 0.15) is 5.82 Å². The number of benzene rings is 2. The van der Waals surface area contributed by atoms with Gasteiger partial charge in [0.15, 0.2) is 0 Å². The Bertz CT molecular complexity index is 857. The second-order valence-corrected chi connectivity index (χ2v) is 5.05. The average molecular weight is 298 g/mol. The van der Waals surface area contributed by atoms with E-state index in [4.69, 9.17) is 5.11 Å². The third kappa shape index (κ3) is 2.76. The summed E-state index contributed by atoms with van der Waals surface area (Å²) in [5, 5.41) is 14.8. The number of aliphatic hydroxyl groups is 1. The molecular weight excluding hydrogens is 283 g/mol. The van der Waals surface area contributed by atoms with Gasteiger partial charge >= 0.3 is 0 Å². The summed E-state index contributed by atoms with van der Waals surface area (Å²) >= 11 is 0. The maximum Gasteiger partial charge on any atom is 0.274 e. The topological polar surface area (TPSA) is 55.1 Å². The van der Waals surface area contributed by atoms with E-state index < -0.39 is 0 Å². The average Bonchev–Trinajstić information content (AvgIpc) is 2.54. The van der Waals surface area contributed by atoms with Gasteiger partial charge < -0.3 is 5.11 Å². The summed E-state index contributed by atoms with van der Waals surface area (Å²) < 4.78 is 14.3. The molecule has 2 aromatic carbocycles. The third-order valence-corrected chi connectivity index (χ3v) is 3.54. The molecule has 1 aromatic heterocycles. The second kappa shape index (κ2) is 6.07. The number of hydrogen-bond donors (Lipinski definition) is 1. The number of hydrogen-bond acceptors (Lipinski definition) is 3. The summed E-state index contributed by atoms with van der Waals surface area (Å²) in [6.45, 7) is 0.00131. The predicted octanol–water partition coefficient (Wildman–Crippen LogP) is 2.12. The number of halogens is 1. The van der Waals surface area contributed by atoms with Crippen molar-refractivity contribution in [1.29, 1.82) is 0 Å². The van der Waals surface area contributed by atoms with Gasteiger partial charge in [0.05, 0.1) is 24.2 Å². The number of aromatic nitrogens is 2. The first kappa shape index (κ1) is 14.4. The first-order chi connectivity index (χ1) is 10.7. The molecule has 0 aliphatic carbocycles. The van der Waals surface area contributed by atoms with Gasteiger partial charge in [-0.05, 0) is 23.8 Å². The molecular formula is C17H15FN2O2. The maximum absolute atomic E-state index is 13.0. The lowest BCUT2D eigenvalue weighted by atomic mass is 10.0. The van der Waals surface area contributed by atoms with E-state index in [1.54, 1.807) is 24.3 Å². The molecule has 0 spiro atoms. The van der Waals surface area contributed by atoms with Crippen molar-refractivity contribution in [3.05, 3.63) is 76.0 Å². The van der Waals surface area contributed by atoms with E-state index in [9.17, 15) is 9.18 Å². The van der Waals surface area contributed by atoms with Crippen LogP contribution in [0.4, 0.5) is 4.39 Å². The van der Waals surface area contributed by atoms with Gasteiger partial charge in [0, 0.05) is 11.8 Å². The summed E-state index contributed by atoms with van der Waals surface area (Å²) in [4.78, 5) is 12.3. The van der Waals surface area contributed by atoms with Crippen molar-refractivity contribution in [3.63, 3.8) is 0 Å². The van der Waals surface area contributed by atoms with Crippen molar-refractivity contribution in [2.75, 3.05) is 6.61 Å². The van der Waals surface area contributed by atoms with E-state index >= 15 is 0 Å². The van der Waals surface area contributed by atoms with E-state index in [0.29, 0.717) is 11.8 Å². The second-order valence-electron chi connectivity index (χ2n) is 5.05. The fraction of sp³-hybridized carbons (Fsp3) is 0.176. The molecule has 1 N–H and O–H groups in total. The highest BCUT2D eigenvalue weighted by atomic mass is 19.1. The molecule has 4 nitrogen and oxygen atoms in total. The predicted molar refractivity (Wildman–Crippen MR) is 82.3 cm³/mol. The molecule has 0 saturated carbocycles. The minimum Gasteiger partial charge on any atom is -0.394 e. The summed E-state index contributed by atoms with van der Waals surface area (Å²) in [7, 11) is 0. The molecule has 0 aliphatic heterocycles. The normalized spacial score (nSPS) is 11.0. The van der Waals surface area contributed by atoms with Gasteiger partial charge in [0.25, 0.3) is 5.56 Å². The zero-order valence-corrected chi connectivity index (χ0v) is 11.9. The molecule has 0 atom stereocenters. The molecule has 3 rings (SSSR count). The Hall–Kier alpha value is -2.53. The van der Waals surface area contributed by atoms with Crippen LogP contribution >= 0.6 is 0 Å². The lowest BCUT2D eigenvalue weighted by Crippen LogP contribution is -2.26. The first-order valence-electron chi connectivity index (χ1n) is 7.03. The third-order valence-electron chi connectivity index (χ3n) is 3.54. The molecule has 0 aliphatic rings. The number of fused-ring (bicyclic) bond motifs is 1. The van der Waals surface area contributed by atoms with E-state index in [1.165, 1.54) is 16.8 Å². The zero-order chi connectivity index (χ0) is 15.5. The molecule has 112 valence electrons. The van der Waals surface area contributed by atoms with Crippen LogP contribution in [-0.2, 0) is 13.0 Å². The highest BCUT2D eigenvalue weighted by Gasteiger charge is 2.10. The summed E-state index contributed by atoms with van der Waals surface area (Å²) in [5.41, 5.74) is 1.43. The molecule has 0 radical (unpaired) electrons. The number of rotatable bonds is 4. The molecule has 3 aromatic rings. The van der Waals surface area contributed by atoms with Crippen LogP contribution < -0.4 is 5.56 Å². The van der Waals surface area contributed by atoms with Crippen molar-refractivity contribution in [2.45, 2.75) is 13.0 Å². The quantitative estimate of drug-likeness (QED) is 0.802. The molecule has 0 saturated heterocycles. The van der Waals surface area contributed by atoms with Gasteiger partial charge in [-0.15, -0.1) is 0 Å². The van der Waals surface area contributed by atoms with Crippen LogP contribution in [0.2, 0.25) is 0 Å². The summed E-state index contributed by atoms with van der Waals surface area (Å²) in [6, 6.07) is 13.5. The van der Waals surface area contributed by atoms with Crippen LogP contribution in [0, 0.1) is 5.82 Å². The summed E-state index contributed by atoms with van der Waals surface area (Å²) in [5.74, 6) is -0.285. The molecule has 0 amide bonds. The number of nitrogens with zero attached hydrogens (tertiary/aromatic N) is 2. The van der Waals surface area contributed by atoms with Gasteiger partial charge in [-0.25, -0.2) is 9.07 Å². The van der Waals surface area contributed by atoms with Crippen molar-refractivity contribution in [2.24, 2.45) is 0 Å². The van der Waals surface area contributed by atoms with Crippen molar-refractivity contribution < 1.29 is 9.50 Å².